The van der Waals surface area contributed by atoms with Crippen LogP contribution in [0, 0.1) is 13.8 Å². The Labute approximate surface area is 161 Å². The summed E-state index contributed by atoms with van der Waals surface area (Å²) >= 11 is 1.39. The third-order valence-corrected chi connectivity index (χ3v) is 5.74. The zero-order valence-corrected chi connectivity index (χ0v) is 16.9. The third-order valence-electron chi connectivity index (χ3n) is 4.48. The number of carbonyl (C=O) groups excluding carboxylic acids is 1. The highest BCUT2D eigenvalue weighted by molar-refractivity contribution is 7.99. The number of hydrogen-bond donors (Lipinski definition) is 1. The Morgan fingerprint density at radius 1 is 1.33 bits per heavy atom. The molecule has 0 saturated heterocycles. The molecule has 0 aliphatic rings. The van der Waals surface area contributed by atoms with Crippen molar-refractivity contribution >= 4 is 23.4 Å². The van der Waals surface area contributed by atoms with Crippen LogP contribution in [0.4, 0.5) is 18.9 Å². The van der Waals surface area contributed by atoms with Crippen LogP contribution in [0.3, 0.4) is 0 Å². The number of benzene rings is 1. The van der Waals surface area contributed by atoms with Gasteiger partial charge in [-0.25, -0.2) is 0 Å². The highest BCUT2D eigenvalue weighted by Crippen LogP contribution is 2.38. The van der Waals surface area contributed by atoms with Gasteiger partial charge in [-0.05, 0) is 38.5 Å². The fraction of sp³-hybridized carbons (Fsp3) is 0.474. The normalized spacial score (nSPS) is 12.9. The van der Waals surface area contributed by atoms with E-state index in [9.17, 15) is 18.0 Å². The molecule has 1 heterocycles. The summed E-state index contributed by atoms with van der Waals surface area (Å²) in [6.07, 6.45) is -3.71. The second-order valence-electron chi connectivity index (χ2n) is 6.54. The average molecular weight is 399 g/mol. The molecule has 27 heavy (non-hydrogen) atoms. The molecular formula is C19H24F3N3OS. The second-order valence-corrected chi connectivity index (χ2v) is 8.05. The van der Waals surface area contributed by atoms with Crippen molar-refractivity contribution in [2.24, 2.45) is 7.05 Å². The van der Waals surface area contributed by atoms with Crippen LogP contribution in [0.1, 0.15) is 42.8 Å². The van der Waals surface area contributed by atoms with Gasteiger partial charge in [0.25, 0.3) is 0 Å². The maximum Gasteiger partial charge on any atom is 0.418 e. The van der Waals surface area contributed by atoms with E-state index in [0.29, 0.717) is 10.6 Å². The maximum atomic E-state index is 13.5. The highest BCUT2D eigenvalue weighted by Gasteiger charge is 2.34. The summed E-state index contributed by atoms with van der Waals surface area (Å²) in [5, 5.41) is 6.86. The number of anilines is 1. The van der Waals surface area contributed by atoms with E-state index in [4.69, 9.17) is 0 Å². The smallest absolute Gasteiger partial charge is 0.325 e. The van der Waals surface area contributed by atoms with Gasteiger partial charge in [0.05, 0.1) is 23.4 Å². The minimum Gasteiger partial charge on any atom is -0.325 e. The average Bonchev–Trinajstić information content (AvgIpc) is 2.81. The molecule has 0 saturated carbocycles. The fourth-order valence-corrected chi connectivity index (χ4v) is 3.65. The molecule has 2 aromatic rings. The van der Waals surface area contributed by atoms with Crippen molar-refractivity contribution in [3.05, 3.63) is 40.7 Å². The Kier molecular flexibility index (Phi) is 6.62. The summed E-state index contributed by atoms with van der Waals surface area (Å²) in [5.74, 6) is -0.498. The van der Waals surface area contributed by atoms with Gasteiger partial charge in [0.2, 0.25) is 5.91 Å². The molecule has 148 valence electrons. The van der Waals surface area contributed by atoms with Crippen molar-refractivity contribution in [1.29, 1.82) is 0 Å². The molecule has 0 aliphatic heterocycles. The Bertz CT molecular complexity index is 830. The first-order valence-electron chi connectivity index (χ1n) is 8.69. The Morgan fingerprint density at radius 2 is 2.00 bits per heavy atom. The van der Waals surface area contributed by atoms with Crippen LogP contribution >= 0.6 is 11.8 Å². The van der Waals surface area contributed by atoms with E-state index >= 15 is 0 Å². The predicted octanol–water partition coefficient (Wildman–Crippen LogP) is 5.13. The van der Waals surface area contributed by atoms with Gasteiger partial charge in [-0.1, -0.05) is 13.8 Å². The molecule has 1 aromatic heterocycles. The van der Waals surface area contributed by atoms with Crippen LogP contribution in [0.25, 0.3) is 0 Å². The monoisotopic (exact) mass is 399 g/mol. The van der Waals surface area contributed by atoms with Crippen LogP contribution in [0.5, 0.6) is 0 Å². The lowest BCUT2D eigenvalue weighted by Crippen LogP contribution is -2.19. The molecule has 0 fully saturated rings. The number of aryl methyl sites for hydroxylation is 2. The lowest BCUT2D eigenvalue weighted by Gasteiger charge is -2.16. The molecule has 4 nitrogen and oxygen atoms in total. The van der Waals surface area contributed by atoms with Crippen molar-refractivity contribution in [1.82, 2.24) is 9.78 Å². The minimum absolute atomic E-state index is 0.0217. The zero-order valence-electron chi connectivity index (χ0n) is 16.1. The van der Waals surface area contributed by atoms with Gasteiger partial charge in [-0.3, -0.25) is 9.48 Å². The summed E-state index contributed by atoms with van der Waals surface area (Å²) in [6, 6.07) is 4.05. The van der Waals surface area contributed by atoms with Gasteiger partial charge in [0.1, 0.15) is 0 Å². The highest BCUT2D eigenvalue weighted by atomic mass is 32.2. The van der Waals surface area contributed by atoms with Crippen LogP contribution in [0.2, 0.25) is 0 Å². The Morgan fingerprint density at radius 3 is 2.52 bits per heavy atom. The summed E-state index contributed by atoms with van der Waals surface area (Å²) < 4.78 is 42.1. The number of thioether (sulfide) groups is 1. The second kappa shape index (κ2) is 8.37. The standard InChI is InChI=1S/C19H24F3N3OS/c1-6-11(2)27-14-7-8-17(16(9-14)19(20,21)22)23-18(26)10-15-12(3)24-25(5)13(15)4/h7-9,11H,6,10H2,1-5H3,(H,23,26). The molecule has 1 amide bonds. The zero-order chi connectivity index (χ0) is 20.4. The maximum absolute atomic E-state index is 13.5. The number of hydrogen-bond acceptors (Lipinski definition) is 3. The molecule has 1 N–H and O–H groups in total. The summed E-state index contributed by atoms with van der Waals surface area (Å²) in [5.41, 5.74) is 1.19. The first-order chi connectivity index (χ1) is 12.5. The third kappa shape index (κ3) is 5.28. The van der Waals surface area contributed by atoms with Crippen molar-refractivity contribution < 1.29 is 18.0 Å². The van der Waals surface area contributed by atoms with Gasteiger partial charge in [0.15, 0.2) is 0 Å². The Hall–Kier alpha value is -1.96. The largest absolute Gasteiger partial charge is 0.418 e. The lowest BCUT2D eigenvalue weighted by atomic mass is 10.1. The van der Waals surface area contributed by atoms with E-state index in [-0.39, 0.29) is 17.4 Å². The molecule has 0 spiro atoms. The molecule has 8 heteroatoms. The van der Waals surface area contributed by atoms with E-state index < -0.39 is 17.6 Å². The molecule has 0 bridgehead atoms. The SMILES string of the molecule is CCC(C)Sc1ccc(NC(=O)Cc2c(C)nn(C)c2C)c(C(F)(F)F)c1. The van der Waals surface area contributed by atoms with Gasteiger partial charge >= 0.3 is 6.18 Å². The number of aromatic nitrogens is 2. The van der Waals surface area contributed by atoms with Gasteiger partial charge < -0.3 is 5.32 Å². The molecule has 1 atom stereocenters. The molecule has 2 rings (SSSR count). The molecule has 1 aromatic carbocycles. The van der Waals surface area contributed by atoms with Crippen LogP contribution in [0.15, 0.2) is 23.1 Å². The number of rotatable bonds is 6. The Balaban J connectivity index is 2.25. The van der Waals surface area contributed by atoms with Crippen LogP contribution in [-0.4, -0.2) is 20.9 Å². The summed E-state index contributed by atoms with van der Waals surface area (Å²) in [6.45, 7) is 7.55. The molecule has 0 radical (unpaired) electrons. The quantitative estimate of drug-likeness (QED) is 0.685. The van der Waals surface area contributed by atoms with Gasteiger partial charge in [-0.15, -0.1) is 11.8 Å². The van der Waals surface area contributed by atoms with Gasteiger partial charge in [-0.2, -0.15) is 18.3 Å². The minimum atomic E-state index is -4.55. The topological polar surface area (TPSA) is 46.9 Å². The van der Waals surface area contributed by atoms with Crippen molar-refractivity contribution in [2.75, 3.05) is 5.32 Å². The van der Waals surface area contributed by atoms with E-state index in [1.165, 1.54) is 17.8 Å². The number of alkyl halides is 3. The van der Waals surface area contributed by atoms with Crippen LogP contribution in [-0.2, 0) is 24.4 Å². The van der Waals surface area contributed by atoms with Crippen LogP contribution < -0.4 is 5.32 Å². The summed E-state index contributed by atoms with van der Waals surface area (Å²) in [7, 11) is 1.76. The number of amides is 1. The first kappa shape index (κ1) is 21.3. The van der Waals surface area contributed by atoms with E-state index in [1.54, 1.807) is 24.7 Å². The van der Waals surface area contributed by atoms with Crippen molar-refractivity contribution in [3.63, 3.8) is 0 Å². The number of nitrogens with zero attached hydrogens (tertiary/aromatic N) is 2. The molecular weight excluding hydrogens is 375 g/mol. The lowest BCUT2D eigenvalue weighted by molar-refractivity contribution is -0.137. The van der Waals surface area contributed by atoms with E-state index in [0.717, 1.165) is 23.7 Å². The summed E-state index contributed by atoms with van der Waals surface area (Å²) in [4.78, 5) is 12.9. The molecule has 1 unspecified atom stereocenters. The van der Waals surface area contributed by atoms with E-state index in [1.807, 2.05) is 20.8 Å². The van der Waals surface area contributed by atoms with Crippen molar-refractivity contribution in [2.45, 2.75) is 56.9 Å². The van der Waals surface area contributed by atoms with Gasteiger partial charge in [0, 0.05) is 28.5 Å². The van der Waals surface area contributed by atoms with E-state index in [2.05, 4.69) is 10.4 Å². The molecule has 0 aliphatic carbocycles. The fourth-order valence-electron chi connectivity index (χ4n) is 2.68. The number of carbonyl (C=O) groups is 1. The number of nitrogens with one attached hydrogen (secondary N) is 1. The first-order valence-corrected chi connectivity index (χ1v) is 9.57. The van der Waals surface area contributed by atoms with Crippen molar-refractivity contribution in [3.8, 4) is 0 Å². The number of halogens is 3. The predicted molar refractivity (Wildman–Crippen MR) is 102 cm³/mol.